The van der Waals surface area contributed by atoms with Crippen LogP contribution in [0.25, 0.3) is 6.08 Å². The highest BCUT2D eigenvalue weighted by Crippen LogP contribution is 2.34. The molecule has 0 radical (unpaired) electrons. The van der Waals surface area contributed by atoms with Crippen LogP contribution in [0.15, 0.2) is 47.4 Å². The van der Waals surface area contributed by atoms with E-state index in [1.54, 1.807) is 37.3 Å². The minimum absolute atomic E-state index is 0.162. The van der Waals surface area contributed by atoms with Crippen molar-refractivity contribution in [3.8, 4) is 5.75 Å². The highest BCUT2D eigenvalue weighted by Gasteiger charge is 2.41. The van der Waals surface area contributed by atoms with Crippen molar-refractivity contribution in [3.63, 3.8) is 0 Å². The third-order valence-corrected chi connectivity index (χ3v) is 6.41. The SMILES string of the molecule is CCOC(=O)[C@@H](C)N1C(=O)S/C(=C/c2ccc(OCc3ccc(C(=O)O)cc3)c(I)c2)C1=O. The maximum Gasteiger partial charge on any atom is 0.335 e. The molecule has 0 aromatic heterocycles. The van der Waals surface area contributed by atoms with Crippen molar-refractivity contribution in [1.29, 1.82) is 0 Å². The third-order valence-electron chi connectivity index (χ3n) is 4.69. The van der Waals surface area contributed by atoms with Gasteiger partial charge in [0.1, 0.15) is 18.4 Å². The fraction of sp³-hybridized carbons (Fsp3) is 0.217. The van der Waals surface area contributed by atoms with Crippen molar-refractivity contribution < 1.29 is 33.8 Å². The maximum absolute atomic E-state index is 12.7. The van der Waals surface area contributed by atoms with Gasteiger partial charge < -0.3 is 14.6 Å². The van der Waals surface area contributed by atoms with E-state index in [0.29, 0.717) is 11.3 Å². The van der Waals surface area contributed by atoms with Crippen LogP contribution in [0.1, 0.15) is 35.3 Å². The lowest BCUT2D eigenvalue weighted by atomic mass is 10.1. The van der Waals surface area contributed by atoms with Crippen molar-refractivity contribution in [2.24, 2.45) is 0 Å². The number of carboxylic acid groups (broad SMARTS) is 1. The van der Waals surface area contributed by atoms with Crippen molar-refractivity contribution in [2.75, 3.05) is 6.61 Å². The molecule has 1 atom stereocenters. The van der Waals surface area contributed by atoms with Gasteiger partial charge in [-0.3, -0.25) is 14.5 Å². The molecule has 3 rings (SSSR count). The number of nitrogens with zero attached hydrogens (tertiary/aromatic N) is 1. The molecular weight excluding hydrogens is 561 g/mol. The van der Waals surface area contributed by atoms with E-state index in [2.05, 4.69) is 22.6 Å². The Morgan fingerprint density at radius 2 is 1.88 bits per heavy atom. The van der Waals surface area contributed by atoms with E-state index in [-0.39, 0.29) is 23.7 Å². The third kappa shape index (κ3) is 5.93. The summed E-state index contributed by atoms with van der Waals surface area (Å²) in [5.74, 6) is -1.53. The van der Waals surface area contributed by atoms with Crippen LogP contribution >= 0.6 is 34.4 Å². The van der Waals surface area contributed by atoms with Gasteiger partial charge in [0.2, 0.25) is 0 Å². The van der Waals surface area contributed by atoms with E-state index in [1.165, 1.54) is 19.1 Å². The Morgan fingerprint density at radius 3 is 2.48 bits per heavy atom. The second-order valence-corrected chi connectivity index (χ2v) is 9.12. The number of benzene rings is 2. The number of hydrogen-bond donors (Lipinski definition) is 1. The molecule has 0 unspecified atom stereocenters. The first-order chi connectivity index (χ1) is 15.7. The lowest BCUT2D eigenvalue weighted by Crippen LogP contribution is -2.42. The Labute approximate surface area is 208 Å². The van der Waals surface area contributed by atoms with Crippen LogP contribution in [-0.4, -0.2) is 45.7 Å². The molecule has 1 N–H and O–H groups in total. The Balaban J connectivity index is 1.69. The quantitative estimate of drug-likeness (QED) is 0.275. The zero-order chi connectivity index (χ0) is 24.1. The van der Waals surface area contributed by atoms with E-state index in [9.17, 15) is 19.2 Å². The van der Waals surface area contributed by atoms with Crippen molar-refractivity contribution in [2.45, 2.75) is 26.5 Å². The highest BCUT2D eigenvalue weighted by molar-refractivity contribution is 14.1. The number of rotatable bonds is 8. The largest absolute Gasteiger partial charge is 0.488 e. The molecule has 1 fully saturated rings. The van der Waals surface area contributed by atoms with Crippen LogP contribution in [0.5, 0.6) is 5.75 Å². The molecule has 172 valence electrons. The summed E-state index contributed by atoms with van der Waals surface area (Å²) in [6.07, 6.45) is 1.60. The molecule has 2 aromatic rings. The zero-order valence-corrected chi connectivity index (χ0v) is 20.7. The van der Waals surface area contributed by atoms with E-state index < -0.39 is 29.1 Å². The number of amides is 2. The summed E-state index contributed by atoms with van der Waals surface area (Å²) in [7, 11) is 0. The predicted molar refractivity (Wildman–Crippen MR) is 131 cm³/mol. The highest BCUT2D eigenvalue weighted by atomic mass is 127. The van der Waals surface area contributed by atoms with Crippen molar-refractivity contribution in [3.05, 3.63) is 67.6 Å². The molecule has 1 heterocycles. The molecule has 8 nitrogen and oxygen atoms in total. The lowest BCUT2D eigenvalue weighted by molar-refractivity contribution is -0.150. The van der Waals surface area contributed by atoms with Gasteiger partial charge in [-0.25, -0.2) is 9.59 Å². The van der Waals surface area contributed by atoms with Crippen molar-refractivity contribution in [1.82, 2.24) is 4.90 Å². The summed E-state index contributed by atoms with van der Waals surface area (Å²) in [5, 5.41) is 8.45. The van der Waals surface area contributed by atoms with Crippen molar-refractivity contribution >= 4 is 63.5 Å². The summed E-state index contributed by atoms with van der Waals surface area (Å²) < 4.78 is 11.5. The summed E-state index contributed by atoms with van der Waals surface area (Å²) in [5.41, 5.74) is 1.73. The molecule has 0 aliphatic carbocycles. The average Bonchev–Trinajstić information content (AvgIpc) is 3.05. The molecule has 1 aliphatic rings. The zero-order valence-electron chi connectivity index (χ0n) is 17.7. The standard InChI is InChI=1S/C23H20INO7S/c1-3-31-22(29)13(2)25-20(26)19(33-23(25)30)11-15-6-9-18(17(24)10-15)32-12-14-4-7-16(8-5-14)21(27)28/h4-11,13H,3,12H2,1-2H3,(H,27,28)/b19-11+/t13-/m1/s1. The topological polar surface area (TPSA) is 110 Å². The number of carbonyl (C=O) groups is 4. The van der Waals surface area contributed by atoms with E-state index in [0.717, 1.165) is 25.8 Å². The number of ether oxygens (including phenoxy) is 2. The summed E-state index contributed by atoms with van der Waals surface area (Å²) in [4.78, 5) is 49.0. The lowest BCUT2D eigenvalue weighted by Gasteiger charge is -2.19. The Kier molecular flexibility index (Phi) is 8.14. The van der Waals surface area contributed by atoms with E-state index in [4.69, 9.17) is 14.6 Å². The molecular formula is C23H20INO7S. The first-order valence-corrected chi connectivity index (χ1v) is 11.8. The van der Waals surface area contributed by atoms with E-state index >= 15 is 0 Å². The number of carboxylic acids is 1. The van der Waals surface area contributed by atoms with Gasteiger partial charge in [-0.2, -0.15) is 0 Å². The number of thioether (sulfide) groups is 1. The number of esters is 1. The minimum atomic E-state index is -0.996. The minimum Gasteiger partial charge on any atom is -0.488 e. The molecule has 1 saturated heterocycles. The predicted octanol–water partition coefficient (Wildman–Crippen LogP) is 4.56. The first-order valence-electron chi connectivity index (χ1n) is 9.89. The molecule has 2 amide bonds. The monoisotopic (exact) mass is 581 g/mol. The van der Waals surface area contributed by atoms with Gasteiger partial charge in [0.05, 0.1) is 20.6 Å². The van der Waals surface area contributed by atoms with Gasteiger partial charge in [0, 0.05) is 0 Å². The Hall–Kier alpha value is -2.86. The van der Waals surface area contributed by atoms with Crippen LogP contribution in [0.3, 0.4) is 0 Å². The van der Waals surface area contributed by atoms with Gasteiger partial charge in [0.15, 0.2) is 0 Å². The number of halogens is 1. The van der Waals surface area contributed by atoms with Gasteiger partial charge >= 0.3 is 11.9 Å². The van der Waals surface area contributed by atoms with Gasteiger partial charge in [0.25, 0.3) is 11.1 Å². The molecule has 10 heteroatoms. The number of imide groups is 1. The summed E-state index contributed by atoms with van der Waals surface area (Å²) in [6, 6.07) is 10.8. The molecule has 0 spiro atoms. The average molecular weight is 581 g/mol. The van der Waals surface area contributed by atoms with Crippen LogP contribution in [0, 0.1) is 3.57 Å². The normalized spacial score (nSPS) is 15.6. The van der Waals surface area contributed by atoms with Gasteiger partial charge in [-0.1, -0.05) is 18.2 Å². The second kappa shape index (κ2) is 10.8. The van der Waals surface area contributed by atoms with E-state index in [1.807, 2.05) is 6.07 Å². The first kappa shape index (κ1) is 24.8. The number of aromatic carboxylic acids is 1. The fourth-order valence-electron chi connectivity index (χ4n) is 2.96. The fourth-order valence-corrected chi connectivity index (χ4v) is 4.57. The molecule has 0 saturated carbocycles. The van der Waals surface area contributed by atoms with Crippen LogP contribution in [0.4, 0.5) is 4.79 Å². The Bertz CT molecular complexity index is 1130. The second-order valence-electron chi connectivity index (χ2n) is 6.96. The van der Waals surface area contributed by atoms with Gasteiger partial charge in [-0.05, 0) is 89.7 Å². The molecule has 2 aromatic carbocycles. The molecule has 0 bridgehead atoms. The maximum atomic E-state index is 12.7. The summed E-state index contributed by atoms with van der Waals surface area (Å²) >= 11 is 2.89. The number of carbonyl (C=O) groups excluding carboxylic acids is 3. The van der Waals surface area contributed by atoms with Crippen LogP contribution in [-0.2, 0) is 20.9 Å². The summed E-state index contributed by atoms with van der Waals surface area (Å²) in [6.45, 7) is 3.54. The Morgan fingerprint density at radius 1 is 1.18 bits per heavy atom. The van der Waals surface area contributed by atoms with Crippen LogP contribution in [0.2, 0.25) is 0 Å². The van der Waals surface area contributed by atoms with Crippen LogP contribution < -0.4 is 4.74 Å². The number of hydrogen-bond acceptors (Lipinski definition) is 7. The van der Waals surface area contributed by atoms with Gasteiger partial charge in [-0.15, -0.1) is 0 Å². The molecule has 33 heavy (non-hydrogen) atoms. The molecule has 1 aliphatic heterocycles. The smallest absolute Gasteiger partial charge is 0.335 e.